The summed E-state index contributed by atoms with van der Waals surface area (Å²) in [6.45, 7) is 2.12. The topological polar surface area (TPSA) is 52.8 Å². The average molecular weight is 212 g/mol. The van der Waals surface area contributed by atoms with E-state index in [2.05, 4.69) is 4.90 Å². The molecule has 15 heavy (non-hydrogen) atoms. The van der Waals surface area contributed by atoms with Gasteiger partial charge in [-0.2, -0.15) is 0 Å². The van der Waals surface area contributed by atoms with Crippen LogP contribution in [0.2, 0.25) is 0 Å². The van der Waals surface area contributed by atoms with Crippen molar-refractivity contribution in [2.75, 3.05) is 27.2 Å². The van der Waals surface area contributed by atoms with Crippen molar-refractivity contribution >= 4 is 5.91 Å². The molecule has 2 fully saturated rings. The second-order valence-electron chi connectivity index (χ2n) is 4.47. The lowest BCUT2D eigenvalue weighted by atomic mass is 10.1. The predicted octanol–water partition coefficient (Wildman–Crippen LogP) is -0.555. The monoisotopic (exact) mass is 212 g/mol. The number of likely N-dealkylation sites (tertiary alicyclic amines) is 1. The molecule has 0 aromatic carbocycles. The quantitative estimate of drug-likeness (QED) is 0.633. The van der Waals surface area contributed by atoms with Crippen LogP contribution in [0.4, 0.5) is 0 Å². The second-order valence-corrected chi connectivity index (χ2v) is 4.47. The number of piperidine rings is 1. The van der Waals surface area contributed by atoms with E-state index in [9.17, 15) is 4.79 Å². The Kier molecular flexibility index (Phi) is 2.95. The van der Waals surface area contributed by atoms with Gasteiger partial charge in [0.05, 0.1) is 0 Å². The number of rotatable bonds is 1. The van der Waals surface area contributed by atoms with Gasteiger partial charge in [-0.15, -0.1) is 0 Å². The highest BCUT2D eigenvalue weighted by Crippen LogP contribution is 2.22. The van der Waals surface area contributed by atoms with E-state index in [0.717, 1.165) is 13.1 Å². The molecule has 2 N–H and O–H groups in total. The number of carbonyl (C=O) groups excluding carboxylic acids is 1. The normalized spacial score (nSPS) is 35.1. The van der Waals surface area contributed by atoms with E-state index >= 15 is 0 Å². The van der Waals surface area contributed by atoms with Crippen LogP contribution in [0.15, 0.2) is 0 Å². The minimum atomic E-state index is -0.391. The fourth-order valence-electron chi connectivity index (χ4n) is 2.55. The molecular weight excluding hydrogens is 192 g/mol. The lowest BCUT2D eigenvalue weighted by molar-refractivity contribution is -0.135. The van der Waals surface area contributed by atoms with Crippen LogP contribution in [0.25, 0.3) is 0 Å². The van der Waals surface area contributed by atoms with Crippen LogP contribution in [0.5, 0.6) is 0 Å². The van der Waals surface area contributed by atoms with Gasteiger partial charge in [-0.25, -0.2) is 5.01 Å². The Bertz CT molecular complexity index is 252. The van der Waals surface area contributed by atoms with Crippen molar-refractivity contribution in [3.8, 4) is 0 Å². The molecule has 0 aromatic rings. The molecular formula is C10H20N4O. The average Bonchev–Trinajstić information content (AvgIpc) is 2.45. The van der Waals surface area contributed by atoms with Crippen LogP contribution in [-0.2, 0) is 4.79 Å². The minimum absolute atomic E-state index is 0.0214. The van der Waals surface area contributed by atoms with Crippen molar-refractivity contribution in [3.63, 3.8) is 0 Å². The number of likely N-dealkylation sites (N-methyl/N-ethyl adjacent to an activating group) is 2. The maximum Gasteiger partial charge on any atom is 0.256 e. The maximum atomic E-state index is 11.7. The summed E-state index contributed by atoms with van der Waals surface area (Å²) in [5.74, 6) is 0.0214. The van der Waals surface area contributed by atoms with Crippen molar-refractivity contribution in [2.24, 2.45) is 5.73 Å². The van der Waals surface area contributed by atoms with Gasteiger partial charge in [0.15, 0.2) is 0 Å². The van der Waals surface area contributed by atoms with Gasteiger partial charge in [-0.1, -0.05) is 6.42 Å². The van der Waals surface area contributed by atoms with Crippen LogP contribution in [0, 0.1) is 0 Å². The van der Waals surface area contributed by atoms with Gasteiger partial charge in [0, 0.05) is 14.1 Å². The Morgan fingerprint density at radius 2 is 1.80 bits per heavy atom. The summed E-state index contributed by atoms with van der Waals surface area (Å²) in [5.41, 5.74) is 5.96. The zero-order chi connectivity index (χ0) is 11.0. The molecule has 5 nitrogen and oxygen atoms in total. The Balaban J connectivity index is 2.10. The van der Waals surface area contributed by atoms with Gasteiger partial charge >= 0.3 is 0 Å². The molecule has 2 aliphatic heterocycles. The third-order valence-corrected chi connectivity index (χ3v) is 3.55. The highest BCUT2D eigenvalue weighted by atomic mass is 16.2. The van der Waals surface area contributed by atoms with E-state index in [1.807, 2.05) is 12.1 Å². The van der Waals surface area contributed by atoms with Gasteiger partial charge in [0.1, 0.15) is 12.2 Å². The van der Waals surface area contributed by atoms with Crippen LogP contribution >= 0.6 is 0 Å². The molecule has 1 amide bonds. The second kappa shape index (κ2) is 4.08. The Morgan fingerprint density at radius 1 is 1.20 bits per heavy atom. The summed E-state index contributed by atoms with van der Waals surface area (Å²) < 4.78 is 0. The third kappa shape index (κ3) is 1.75. The summed E-state index contributed by atoms with van der Waals surface area (Å²) in [6, 6.07) is -0.391. The first-order chi connectivity index (χ1) is 7.13. The van der Waals surface area contributed by atoms with Crippen molar-refractivity contribution < 1.29 is 4.79 Å². The van der Waals surface area contributed by atoms with E-state index in [4.69, 9.17) is 5.73 Å². The molecule has 86 valence electrons. The van der Waals surface area contributed by atoms with Gasteiger partial charge in [0.25, 0.3) is 5.91 Å². The zero-order valence-corrected chi connectivity index (χ0v) is 9.52. The molecule has 0 aromatic heterocycles. The lowest BCUT2D eigenvalue weighted by Crippen LogP contribution is -2.54. The standard InChI is InChI=1S/C10H20N4O/c1-12-9(8(11)10(15)13(12)2)14-6-4-3-5-7-14/h8-9H,3-7,11H2,1-2H3. The van der Waals surface area contributed by atoms with Crippen LogP contribution in [0.1, 0.15) is 19.3 Å². The van der Waals surface area contributed by atoms with E-state index in [1.54, 1.807) is 12.1 Å². The number of nitrogens with zero attached hydrogens (tertiary/aromatic N) is 3. The molecule has 0 radical (unpaired) electrons. The van der Waals surface area contributed by atoms with Gasteiger partial charge < -0.3 is 5.73 Å². The smallest absolute Gasteiger partial charge is 0.256 e. The fourth-order valence-corrected chi connectivity index (χ4v) is 2.55. The Morgan fingerprint density at radius 3 is 2.27 bits per heavy atom. The molecule has 2 unspecified atom stereocenters. The Hall–Kier alpha value is -0.650. The summed E-state index contributed by atoms with van der Waals surface area (Å²) in [7, 11) is 3.72. The molecule has 0 aliphatic carbocycles. The molecule has 5 heteroatoms. The fraction of sp³-hybridized carbons (Fsp3) is 0.900. The number of hydrogen-bond donors (Lipinski definition) is 1. The number of hydrazine groups is 1. The maximum absolute atomic E-state index is 11.7. The van der Waals surface area contributed by atoms with E-state index < -0.39 is 6.04 Å². The molecule has 2 aliphatic rings. The highest BCUT2D eigenvalue weighted by Gasteiger charge is 2.43. The van der Waals surface area contributed by atoms with Crippen LogP contribution in [-0.4, -0.2) is 60.2 Å². The molecule has 2 atom stereocenters. The van der Waals surface area contributed by atoms with Gasteiger partial charge in [0.2, 0.25) is 0 Å². The predicted molar refractivity (Wildman–Crippen MR) is 57.7 cm³/mol. The van der Waals surface area contributed by atoms with E-state index in [-0.39, 0.29) is 12.1 Å². The SMILES string of the molecule is CN1C(=O)C(N)C(N2CCCCC2)N1C. The first-order valence-corrected chi connectivity index (χ1v) is 5.63. The molecule has 0 saturated carbocycles. The van der Waals surface area contributed by atoms with E-state index in [0.29, 0.717) is 0 Å². The van der Waals surface area contributed by atoms with Crippen LogP contribution < -0.4 is 5.73 Å². The van der Waals surface area contributed by atoms with Crippen molar-refractivity contribution in [3.05, 3.63) is 0 Å². The lowest BCUT2D eigenvalue weighted by Gasteiger charge is -2.37. The van der Waals surface area contributed by atoms with Crippen molar-refractivity contribution in [2.45, 2.75) is 31.5 Å². The first kappa shape index (κ1) is 10.9. The van der Waals surface area contributed by atoms with Crippen molar-refractivity contribution in [1.82, 2.24) is 14.9 Å². The minimum Gasteiger partial charge on any atom is -0.317 e. The molecule has 2 rings (SSSR count). The molecule has 0 spiro atoms. The largest absolute Gasteiger partial charge is 0.317 e. The van der Waals surface area contributed by atoms with E-state index in [1.165, 1.54) is 19.3 Å². The Labute approximate surface area is 90.8 Å². The summed E-state index contributed by atoms with van der Waals surface area (Å²) in [4.78, 5) is 14.0. The molecule has 0 bridgehead atoms. The van der Waals surface area contributed by atoms with Gasteiger partial charge in [-0.05, 0) is 25.9 Å². The number of nitrogens with two attached hydrogens (primary N) is 1. The molecule has 2 heterocycles. The van der Waals surface area contributed by atoms with Crippen LogP contribution in [0.3, 0.4) is 0 Å². The van der Waals surface area contributed by atoms with Crippen molar-refractivity contribution in [1.29, 1.82) is 0 Å². The summed E-state index contributed by atoms with van der Waals surface area (Å²) >= 11 is 0. The molecule has 2 saturated heterocycles. The number of amides is 1. The summed E-state index contributed by atoms with van der Waals surface area (Å²) in [6.07, 6.45) is 3.79. The number of hydrogen-bond acceptors (Lipinski definition) is 4. The third-order valence-electron chi connectivity index (χ3n) is 3.55. The highest BCUT2D eigenvalue weighted by molar-refractivity contribution is 5.83. The summed E-state index contributed by atoms with van der Waals surface area (Å²) in [5, 5.41) is 3.59. The number of carbonyl (C=O) groups is 1. The van der Waals surface area contributed by atoms with Gasteiger partial charge in [-0.3, -0.25) is 14.7 Å². The zero-order valence-electron chi connectivity index (χ0n) is 9.52. The first-order valence-electron chi connectivity index (χ1n) is 5.63.